The molecule has 10 nitrogen and oxygen atoms in total. The SMILES string of the molecule is CC1(C)OC(=O)C=C([OH2+])O1.CC1(C)OC(=O)C=C([OH2+])O1.CC[OH2+].CC[OH2+].[Ti]. The van der Waals surface area contributed by atoms with Crippen LogP contribution in [0.15, 0.2) is 24.0 Å². The molecule has 0 saturated carbocycles. The van der Waals surface area contributed by atoms with E-state index in [-0.39, 0.29) is 33.6 Å². The third-order valence-corrected chi connectivity index (χ3v) is 1.90. The molecule has 8 N–H and O–H groups in total. The van der Waals surface area contributed by atoms with Crippen LogP contribution in [0.3, 0.4) is 0 Å². The second-order valence-corrected chi connectivity index (χ2v) is 5.57. The van der Waals surface area contributed by atoms with E-state index < -0.39 is 23.5 Å². The van der Waals surface area contributed by atoms with Crippen molar-refractivity contribution >= 4 is 11.9 Å². The fourth-order valence-electron chi connectivity index (χ4n) is 1.39. The van der Waals surface area contributed by atoms with Crippen LogP contribution in [0.25, 0.3) is 0 Å². The van der Waals surface area contributed by atoms with Crippen LogP contribution in [0.1, 0.15) is 41.5 Å². The Labute approximate surface area is 173 Å². The summed E-state index contributed by atoms with van der Waals surface area (Å²) in [5.74, 6) is -3.32. The molecule has 0 radical (unpaired) electrons. The summed E-state index contributed by atoms with van der Waals surface area (Å²) in [6, 6.07) is 0. The van der Waals surface area contributed by atoms with Crippen LogP contribution >= 0.6 is 0 Å². The van der Waals surface area contributed by atoms with Crippen molar-refractivity contribution in [2.24, 2.45) is 0 Å². The molecule has 2 aliphatic rings. The third kappa shape index (κ3) is 17.4. The zero-order valence-electron chi connectivity index (χ0n) is 16.5. The first kappa shape index (κ1) is 30.0. The van der Waals surface area contributed by atoms with Crippen LogP contribution in [-0.4, -0.2) is 57.2 Å². The van der Waals surface area contributed by atoms with Crippen molar-refractivity contribution in [2.75, 3.05) is 13.2 Å². The first-order valence-corrected chi connectivity index (χ1v) is 7.82. The summed E-state index contributed by atoms with van der Waals surface area (Å²) in [7, 11) is 0. The van der Waals surface area contributed by atoms with Gasteiger partial charge in [0.1, 0.15) is 13.2 Å². The maximum absolute atomic E-state index is 10.6. The van der Waals surface area contributed by atoms with Crippen LogP contribution in [0.5, 0.6) is 0 Å². The molecule has 2 heterocycles. The van der Waals surface area contributed by atoms with Crippen molar-refractivity contribution < 1.29 is 70.7 Å². The summed E-state index contributed by atoms with van der Waals surface area (Å²) >= 11 is 0. The van der Waals surface area contributed by atoms with Crippen molar-refractivity contribution in [1.82, 2.24) is 0 Å². The van der Waals surface area contributed by atoms with Crippen molar-refractivity contribution in [3.8, 4) is 0 Å². The minimum absolute atomic E-state index is 0. The largest absolute Gasteiger partial charge is 0.566 e. The summed E-state index contributed by atoms with van der Waals surface area (Å²) in [5.41, 5.74) is 0. The Morgan fingerprint density at radius 2 is 0.963 bits per heavy atom. The van der Waals surface area contributed by atoms with Gasteiger partial charge in [0.2, 0.25) is 0 Å². The molecule has 156 valence electrons. The standard InChI is InChI=1S/2C6H8O4.2C2H6O.Ti/c2*1-6(2)9-4(7)3-5(8)10-6;2*1-2-3;/h2*3,7H,1-2H3;2*3H,2H2,1H3;/p+4. The molecule has 0 fully saturated rings. The van der Waals surface area contributed by atoms with Gasteiger partial charge >= 0.3 is 35.4 Å². The van der Waals surface area contributed by atoms with E-state index in [1.54, 1.807) is 41.5 Å². The summed E-state index contributed by atoms with van der Waals surface area (Å²) in [6.45, 7) is 10.9. The van der Waals surface area contributed by atoms with Crippen molar-refractivity contribution in [1.29, 1.82) is 0 Å². The smallest absolute Gasteiger partial charge is 0.462 e. The van der Waals surface area contributed by atoms with Gasteiger partial charge in [-0.05, 0) is 0 Å². The predicted octanol–water partition coefficient (Wildman–Crippen LogP) is -0.817. The number of esters is 2. The number of ether oxygens (including phenoxy) is 4. The minimum atomic E-state index is -0.983. The molecule has 2 rings (SSSR count). The van der Waals surface area contributed by atoms with Gasteiger partial charge in [0.25, 0.3) is 0 Å². The third-order valence-electron chi connectivity index (χ3n) is 1.90. The minimum Gasteiger partial charge on any atom is -0.566 e. The van der Waals surface area contributed by atoms with Gasteiger partial charge in [0.05, 0.1) is 0 Å². The molecule has 0 aliphatic carbocycles. The van der Waals surface area contributed by atoms with Gasteiger partial charge in [-0.15, -0.1) is 0 Å². The average Bonchev–Trinajstić information content (AvgIpc) is 2.34. The fraction of sp³-hybridized carbons (Fsp3) is 0.625. The quantitative estimate of drug-likeness (QED) is 0.276. The van der Waals surface area contributed by atoms with Gasteiger partial charge in [-0.2, -0.15) is 0 Å². The van der Waals surface area contributed by atoms with Gasteiger partial charge in [-0.1, -0.05) is 0 Å². The molecule has 0 atom stereocenters. The van der Waals surface area contributed by atoms with E-state index in [9.17, 15) is 9.59 Å². The predicted molar refractivity (Wildman–Crippen MR) is 94.2 cm³/mol. The first-order chi connectivity index (χ1) is 11.8. The molecule has 0 amide bonds. The summed E-state index contributed by atoms with van der Waals surface area (Å²) in [4.78, 5) is 21.2. The van der Waals surface area contributed by atoms with Gasteiger partial charge in [-0.25, -0.2) is 9.59 Å². The van der Waals surface area contributed by atoms with Crippen molar-refractivity contribution in [2.45, 2.75) is 53.1 Å². The Bertz CT molecular complexity index is 465. The second kappa shape index (κ2) is 14.3. The molecule has 0 aromatic carbocycles. The number of hydrogen-bond donors (Lipinski definition) is 0. The van der Waals surface area contributed by atoms with Gasteiger partial charge < -0.3 is 29.9 Å². The second-order valence-electron chi connectivity index (χ2n) is 5.57. The normalized spacial score (nSPS) is 18.1. The van der Waals surface area contributed by atoms with Crippen LogP contribution in [-0.2, 0) is 50.3 Å². The number of rotatable bonds is 0. The Hall–Kier alpha value is -1.75. The van der Waals surface area contributed by atoms with E-state index in [1.165, 1.54) is 0 Å². The Balaban J connectivity index is -0.000000322. The Morgan fingerprint density at radius 3 is 1.11 bits per heavy atom. The monoisotopic (exact) mass is 432 g/mol. The maximum Gasteiger partial charge on any atom is 0.462 e. The summed E-state index contributed by atoms with van der Waals surface area (Å²) in [6.07, 6.45) is 1.98. The molecule has 2 aliphatic heterocycles. The molecule has 27 heavy (non-hydrogen) atoms. The number of cyclic esters (lactones) is 2. The molecule has 0 spiro atoms. The molecule has 0 aromatic heterocycles. The molecule has 11 heteroatoms. The van der Waals surface area contributed by atoms with Crippen molar-refractivity contribution in [3.05, 3.63) is 24.0 Å². The number of carbonyl (C=O) groups is 2. The van der Waals surface area contributed by atoms with Gasteiger partial charge in [0.15, 0.2) is 12.2 Å². The maximum atomic E-state index is 10.6. The Kier molecular flexibility index (Phi) is 15.9. The van der Waals surface area contributed by atoms with Crippen LogP contribution in [0.2, 0.25) is 0 Å². The van der Waals surface area contributed by atoms with Crippen molar-refractivity contribution in [3.63, 3.8) is 0 Å². The first-order valence-electron chi connectivity index (χ1n) is 7.82. The zero-order chi connectivity index (χ0) is 21.0. The summed E-state index contributed by atoms with van der Waals surface area (Å²) < 4.78 is 19.0. The van der Waals surface area contributed by atoms with Crippen LogP contribution in [0.4, 0.5) is 0 Å². The molecule has 0 bridgehead atoms. The van der Waals surface area contributed by atoms with E-state index in [0.29, 0.717) is 13.2 Å². The van der Waals surface area contributed by atoms with Gasteiger partial charge in [-0.3, -0.25) is 9.47 Å². The average molecular weight is 432 g/mol. The van der Waals surface area contributed by atoms with Gasteiger partial charge in [0, 0.05) is 63.3 Å². The summed E-state index contributed by atoms with van der Waals surface area (Å²) in [5, 5.41) is 26.4. The number of hydrogen-bond acceptors (Lipinski definition) is 6. The van der Waals surface area contributed by atoms with E-state index in [0.717, 1.165) is 12.2 Å². The fourth-order valence-corrected chi connectivity index (χ4v) is 1.39. The van der Waals surface area contributed by atoms with E-state index in [2.05, 4.69) is 9.47 Å². The van der Waals surface area contributed by atoms with E-state index in [4.69, 9.17) is 29.9 Å². The molecule has 0 unspecified atom stereocenters. The molecule has 0 saturated heterocycles. The van der Waals surface area contributed by atoms with Crippen LogP contribution in [0, 0.1) is 0 Å². The molecule has 0 aromatic rings. The number of carbonyl (C=O) groups excluding carboxylic acids is 2. The van der Waals surface area contributed by atoms with E-state index >= 15 is 0 Å². The molecular weight excluding hydrogens is 400 g/mol. The van der Waals surface area contributed by atoms with Crippen LogP contribution < -0.4 is 0 Å². The topological polar surface area (TPSA) is 163 Å². The zero-order valence-corrected chi connectivity index (χ0v) is 18.1. The Morgan fingerprint density at radius 1 is 0.741 bits per heavy atom. The molecular formula is C16H32O10Ti+4. The van der Waals surface area contributed by atoms with E-state index in [1.807, 2.05) is 0 Å².